The third-order valence-corrected chi connectivity index (χ3v) is 6.54. The Hall–Kier alpha value is -3.58. The number of fused-ring (bicyclic) bond motifs is 1. The van der Waals surface area contributed by atoms with E-state index in [1.165, 1.54) is 0 Å². The molecule has 0 atom stereocenters. The normalized spacial score (nSPS) is 15.1. The summed E-state index contributed by atoms with van der Waals surface area (Å²) in [5, 5.41) is 5.38. The molecule has 3 heterocycles. The second kappa shape index (κ2) is 9.96. The highest BCUT2D eigenvalue weighted by atomic mass is 16.5. The van der Waals surface area contributed by atoms with Gasteiger partial charge in [-0.25, -0.2) is 9.97 Å². The van der Waals surface area contributed by atoms with E-state index < -0.39 is 0 Å². The van der Waals surface area contributed by atoms with Crippen LogP contribution in [-0.4, -0.2) is 56.7 Å². The van der Waals surface area contributed by atoms with Gasteiger partial charge < -0.3 is 9.64 Å². The van der Waals surface area contributed by atoms with E-state index in [1.54, 1.807) is 6.20 Å². The molecule has 7 heteroatoms. The number of ketones is 1. The summed E-state index contributed by atoms with van der Waals surface area (Å²) in [7, 11) is 2.13. The van der Waals surface area contributed by atoms with Gasteiger partial charge in [-0.1, -0.05) is 24.3 Å². The fraction of sp³-hybridized carbons (Fsp3) is 0.357. The third-order valence-electron chi connectivity index (χ3n) is 6.54. The van der Waals surface area contributed by atoms with Crippen molar-refractivity contribution in [3.05, 3.63) is 72.4 Å². The molecule has 0 aliphatic carbocycles. The molecular weight excluding hydrogens is 438 g/mol. The Bertz CT molecular complexity index is 1340. The van der Waals surface area contributed by atoms with Crippen LogP contribution in [0.15, 0.2) is 61.1 Å². The molecule has 0 N–H and O–H groups in total. The number of likely N-dealkylation sites (tertiary alicyclic amines) is 1. The number of piperidine rings is 1. The lowest BCUT2D eigenvalue weighted by atomic mass is 10.1. The zero-order chi connectivity index (χ0) is 24.4. The van der Waals surface area contributed by atoms with Gasteiger partial charge in [-0.15, -0.1) is 0 Å². The maximum absolute atomic E-state index is 13.0. The van der Waals surface area contributed by atoms with Gasteiger partial charge in [0.1, 0.15) is 17.7 Å². The second-order valence-corrected chi connectivity index (χ2v) is 9.61. The van der Waals surface area contributed by atoms with Gasteiger partial charge in [0, 0.05) is 48.0 Å². The topological polar surface area (TPSA) is 73.1 Å². The van der Waals surface area contributed by atoms with Gasteiger partial charge in [-0.3, -0.25) is 9.48 Å². The molecule has 35 heavy (non-hydrogen) atoms. The Morgan fingerprint density at radius 3 is 2.69 bits per heavy atom. The van der Waals surface area contributed by atoms with Crippen LogP contribution in [0.25, 0.3) is 22.0 Å². The number of benzene rings is 2. The van der Waals surface area contributed by atoms with E-state index in [2.05, 4.69) is 35.9 Å². The largest absolute Gasteiger partial charge is 0.490 e. The molecule has 0 bridgehead atoms. The number of carbonyl (C=O) groups excluding carboxylic acids is 1. The number of rotatable bonds is 7. The molecular formula is C28H31N5O2. The highest BCUT2D eigenvalue weighted by Gasteiger charge is 2.19. The van der Waals surface area contributed by atoms with E-state index in [4.69, 9.17) is 9.72 Å². The number of ether oxygens (including phenoxy) is 1. The summed E-state index contributed by atoms with van der Waals surface area (Å²) in [5.41, 5.74) is 3.52. The number of aromatic nitrogens is 4. The highest BCUT2D eigenvalue weighted by Crippen LogP contribution is 2.24. The van der Waals surface area contributed by atoms with Crippen molar-refractivity contribution in [2.75, 3.05) is 20.1 Å². The minimum Gasteiger partial charge on any atom is -0.490 e. The van der Waals surface area contributed by atoms with E-state index in [9.17, 15) is 4.79 Å². The number of nitrogens with zero attached hydrogens (tertiary/aromatic N) is 5. The minimum atomic E-state index is -0.0208. The second-order valence-electron chi connectivity index (χ2n) is 9.61. The molecule has 2 aromatic carbocycles. The summed E-state index contributed by atoms with van der Waals surface area (Å²) in [6.45, 7) is 6.27. The predicted octanol–water partition coefficient (Wildman–Crippen LogP) is 4.97. The summed E-state index contributed by atoms with van der Waals surface area (Å²) in [6, 6.07) is 13.9. The fourth-order valence-corrected chi connectivity index (χ4v) is 4.38. The van der Waals surface area contributed by atoms with Crippen molar-refractivity contribution in [1.82, 2.24) is 24.6 Å². The van der Waals surface area contributed by atoms with Gasteiger partial charge in [0.15, 0.2) is 5.78 Å². The maximum Gasteiger partial charge on any atom is 0.170 e. The van der Waals surface area contributed by atoms with Crippen LogP contribution in [0.3, 0.4) is 0 Å². The van der Waals surface area contributed by atoms with Crippen LogP contribution < -0.4 is 4.74 Å². The molecule has 1 aliphatic heterocycles. The Morgan fingerprint density at radius 1 is 1.09 bits per heavy atom. The Balaban J connectivity index is 1.31. The number of Topliss-reactive ketones (excluding diaryl/α,β-unsaturated/α-hetero) is 1. The molecule has 0 saturated carbocycles. The summed E-state index contributed by atoms with van der Waals surface area (Å²) >= 11 is 0. The van der Waals surface area contributed by atoms with Crippen molar-refractivity contribution in [2.24, 2.45) is 0 Å². The Morgan fingerprint density at radius 2 is 1.91 bits per heavy atom. The first kappa shape index (κ1) is 23.2. The van der Waals surface area contributed by atoms with Crippen molar-refractivity contribution in [2.45, 2.75) is 45.3 Å². The maximum atomic E-state index is 13.0. The first-order valence-corrected chi connectivity index (χ1v) is 12.2. The number of carbonyl (C=O) groups is 1. The van der Waals surface area contributed by atoms with Gasteiger partial charge in [0.25, 0.3) is 0 Å². The molecule has 180 valence electrons. The van der Waals surface area contributed by atoms with E-state index in [0.717, 1.165) is 53.7 Å². The average Bonchev–Trinajstić information content (AvgIpc) is 3.36. The summed E-state index contributed by atoms with van der Waals surface area (Å²) in [6.07, 6.45) is 8.03. The zero-order valence-electron chi connectivity index (χ0n) is 20.5. The predicted molar refractivity (Wildman–Crippen MR) is 137 cm³/mol. The van der Waals surface area contributed by atoms with Gasteiger partial charge in [-0.05, 0) is 57.5 Å². The lowest BCUT2D eigenvalue weighted by Crippen LogP contribution is -2.35. The van der Waals surface area contributed by atoms with Crippen LogP contribution in [0.1, 0.15) is 48.9 Å². The molecule has 1 saturated heterocycles. The SMILES string of the molecule is CC(C)n1cc(-c2ccc3cnc(CC(=O)c4cccc(OC5CCN(C)CC5)c4)nc3c2)cn1. The lowest BCUT2D eigenvalue weighted by Gasteiger charge is -2.29. The minimum absolute atomic E-state index is 0.0208. The highest BCUT2D eigenvalue weighted by molar-refractivity contribution is 5.97. The molecule has 0 radical (unpaired) electrons. The molecule has 1 fully saturated rings. The Labute approximate surface area is 205 Å². The third kappa shape index (κ3) is 5.41. The molecule has 0 unspecified atom stereocenters. The van der Waals surface area contributed by atoms with E-state index in [0.29, 0.717) is 17.4 Å². The van der Waals surface area contributed by atoms with Crippen molar-refractivity contribution in [1.29, 1.82) is 0 Å². The summed E-state index contributed by atoms with van der Waals surface area (Å²) in [4.78, 5) is 24.5. The monoisotopic (exact) mass is 469 g/mol. The summed E-state index contributed by atoms with van der Waals surface area (Å²) in [5.74, 6) is 1.24. The fourth-order valence-electron chi connectivity index (χ4n) is 4.38. The van der Waals surface area contributed by atoms with Crippen LogP contribution in [-0.2, 0) is 6.42 Å². The van der Waals surface area contributed by atoms with Crippen molar-refractivity contribution in [3.63, 3.8) is 0 Å². The van der Waals surface area contributed by atoms with Crippen molar-refractivity contribution >= 4 is 16.7 Å². The smallest absolute Gasteiger partial charge is 0.170 e. The molecule has 0 amide bonds. The van der Waals surface area contributed by atoms with Gasteiger partial charge in [0.05, 0.1) is 18.1 Å². The first-order chi connectivity index (χ1) is 16.9. The van der Waals surface area contributed by atoms with E-state index in [1.807, 2.05) is 59.5 Å². The Kier molecular flexibility index (Phi) is 6.59. The van der Waals surface area contributed by atoms with Gasteiger partial charge in [-0.2, -0.15) is 5.10 Å². The quantitative estimate of drug-likeness (QED) is 0.356. The molecule has 4 aromatic rings. The molecule has 5 rings (SSSR count). The van der Waals surface area contributed by atoms with Crippen molar-refractivity contribution in [3.8, 4) is 16.9 Å². The van der Waals surface area contributed by atoms with Crippen LogP contribution in [0, 0.1) is 0 Å². The summed E-state index contributed by atoms with van der Waals surface area (Å²) < 4.78 is 8.10. The van der Waals surface area contributed by atoms with Crippen molar-refractivity contribution < 1.29 is 9.53 Å². The molecule has 0 spiro atoms. The molecule has 1 aliphatic rings. The number of hydrogen-bond donors (Lipinski definition) is 0. The van der Waals surface area contributed by atoms with Gasteiger partial charge in [0.2, 0.25) is 0 Å². The van der Waals surface area contributed by atoms with Crippen LogP contribution >= 0.6 is 0 Å². The van der Waals surface area contributed by atoms with Crippen LogP contribution in [0.2, 0.25) is 0 Å². The van der Waals surface area contributed by atoms with Gasteiger partial charge >= 0.3 is 0 Å². The average molecular weight is 470 g/mol. The molecule has 7 nitrogen and oxygen atoms in total. The number of hydrogen-bond acceptors (Lipinski definition) is 6. The first-order valence-electron chi connectivity index (χ1n) is 12.2. The van der Waals surface area contributed by atoms with Crippen LogP contribution in [0.4, 0.5) is 0 Å². The van der Waals surface area contributed by atoms with Crippen LogP contribution in [0.5, 0.6) is 5.75 Å². The standard InChI is InChI=1S/C28H31N5O2/c1-19(2)33-18-23(17-30-33)20-7-8-22-16-29-28(31-26(22)14-20)15-27(34)21-5-4-6-25(13-21)35-24-9-11-32(3)12-10-24/h4-8,13-14,16-19,24H,9-12,15H2,1-3H3. The van der Waals surface area contributed by atoms with E-state index in [-0.39, 0.29) is 18.3 Å². The zero-order valence-corrected chi connectivity index (χ0v) is 20.5. The lowest BCUT2D eigenvalue weighted by molar-refractivity contribution is 0.0987. The molecule has 2 aromatic heterocycles. The van der Waals surface area contributed by atoms with E-state index >= 15 is 0 Å².